The van der Waals surface area contributed by atoms with Crippen LogP contribution in [-0.4, -0.2) is 49.8 Å². The summed E-state index contributed by atoms with van der Waals surface area (Å²) in [5.74, 6) is 0.747. The summed E-state index contributed by atoms with van der Waals surface area (Å²) in [5, 5.41) is 3.94. The number of carbonyl (C=O) groups excluding carboxylic acids is 1. The van der Waals surface area contributed by atoms with E-state index in [-0.39, 0.29) is 12.5 Å². The van der Waals surface area contributed by atoms with Crippen molar-refractivity contribution < 1.29 is 14.4 Å². The van der Waals surface area contributed by atoms with E-state index in [1.165, 1.54) is 5.69 Å². The molecule has 3 aromatic rings. The molecule has 4 rings (SSSR count). The van der Waals surface area contributed by atoms with Crippen molar-refractivity contribution in [1.29, 1.82) is 0 Å². The fourth-order valence-corrected chi connectivity index (χ4v) is 3.53. The fraction of sp³-hybridized carbons (Fsp3) is 0.231. The van der Waals surface area contributed by atoms with Gasteiger partial charge in [0, 0.05) is 31.9 Å². The zero-order valence-electron chi connectivity index (χ0n) is 18.0. The van der Waals surface area contributed by atoms with E-state index in [0.29, 0.717) is 19.7 Å². The Morgan fingerprint density at radius 3 is 2.19 bits per heavy atom. The highest BCUT2D eigenvalue weighted by atomic mass is 16.6. The minimum atomic E-state index is -0.0554. The van der Waals surface area contributed by atoms with Gasteiger partial charge in [0.2, 0.25) is 0 Å². The summed E-state index contributed by atoms with van der Waals surface area (Å²) in [6.07, 6.45) is 1.60. The van der Waals surface area contributed by atoms with E-state index in [2.05, 4.69) is 22.2 Å². The first-order valence-electron chi connectivity index (χ1n) is 10.8. The lowest BCUT2D eigenvalue weighted by Crippen LogP contribution is -2.49. The van der Waals surface area contributed by atoms with Crippen LogP contribution >= 0.6 is 0 Å². The lowest BCUT2D eigenvalue weighted by Gasteiger charge is -2.35. The lowest BCUT2D eigenvalue weighted by molar-refractivity contribution is -0.136. The number of hydrogen-bond acceptors (Lipinski definition) is 5. The van der Waals surface area contributed by atoms with Crippen molar-refractivity contribution in [2.24, 2.45) is 5.16 Å². The van der Waals surface area contributed by atoms with Crippen molar-refractivity contribution >= 4 is 17.8 Å². The van der Waals surface area contributed by atoms with Gasteiger partial charge in [-0.2, -0.15) is 0 Å². The van der Waals surface area contributed by atoms with Crippen molar-refractivity contribution in [3.63, 3.8) is 0 Å². The third kappa shape index (κ3) is 6.11. The smallest absolute Gasteiger partial charge is 0.263 e. The number of hydrogen-bond donors (Lipinski definition) is 0. The molecule has 1 fully saturated rings. The highest BCUT2D eigenvalue weighted by Crippen LogP contribution is 2.16. The normalized spacial score (nSPS) is 13.9. The van der Waals surface area contributed by atoms with Crippen molar-refractivity contribution in [1.82, 2.24) is 4.90 Å². The number of nitrogens with zero attached hydrogens (tertiary/aromatic N) is 3. The summed E-state index contributed by atoms with van der Waals surface area (Å²) < 4.78 is 5.78. The molecule has 0 spiro atoms. The molecule has 0 aliphatic carbocycles. The Labute approximate surface area is 188 Å². The molecule has 0 N–H and O–H groups in total. The van der Waals surface area contributed by atoms with Crippen LogP contribution in [0.1, 0.15) is 11.1 Å². The van der Waals surface area contributed by atoms with Gasteiger partial charge in [-0.1, -0.05) is 53.7 Å². The second-order valence-electron chi connectivity index (χ2n) is 7.55. The average molecular weight is 430 g/mol. The van der Waals surface area contributed by atoms with Crippen molar-refractivity contribution in [2.45, 2.75) is 6.61 Å². The van der Waals surface area contributed by atoms with Crippen LogP contribution in [0.25, 0.3) is 0 Å². The van der Waals surface area contributed by atoms with E-state index in [4.69, 9.17) is 9.57 Å². The fourth-order valence-electron chi connectivity index (χ4n) is 3.53. The van der Waals surface area contributed by atoms with Gasteiger partial charge >= 0.3 is 0 Å². The van der Waals surface area contributed by atoms with Gasteiger partial charge in [-0.3, -0.25) is 4.79 Å². The molecule has 6 heteroatoms. The zero-order valence-corrected chi connectivity index (χ0v) is 18.0. The number of piperazine rings is 1. The Kier molecular flexibility index (Phi) is 7.37. The van der Waals surface area contributed by atoms with Gasteiger partial charge in [-0.05, 0) is 47.5 Å². The molecule has 1 heterocycles. The predicted molar refractivity (Wildman–Crippen MR) is 126 cm³/mol. The summed E-state index contributed by atoms with van der Waals surface area (Å²) in [6, 6.07) is 27.9. The van der Waals surface area contributed by atoms with Gasteiger partial charge in [-0.15, -0.1) is 0 Å². The van der Waals surface area contributed by atoms with Crippen molar-refractivity contribution in [2.75, 3.05) is 37.7 Å². The van der Waals surface area contributed by atoms with E-state index in [9.17, 15) is 4.79 Å². The number of carbonyl (C=O) groups is 1. The monoisotopic (exact) mass is 429 g/mol. The number of rotatable bonds is 8. The first-order chi connectivity index (χ1) is 15.8. The lowest BCUT2D eigenvalue weighted by atomic mass is 10.2. The summed E-state index contributed by atoms with van der Waals surface area (Å²) in [4.78, 5) is 21.7. The Morgan fingerprint density at radius 2 is 1.50 bits per heavy atom. The molecule has 1 aliphatic rings. The van der Waals surface area contributed by atoms with Crippen LogP contribution in [0.5, 0.6) is 5.75 Å². The Hall–Kier alpha value is -3.80. The molecule has 3 aromatic carbocycles. The standard InChI is InChI=1S/C26H27N3O3/c30-26(29-17-15-28(16-18-29)24-9-5-2-6-10-24)21-32-27-19-22-11-13-25(14-12-22)31-20-23-7-3-1-4-8-23/h1-14,19H,15-18,20-21H2/b27-19-. The van der Waals surface area contributed by atoms with Gasteiger partial charge in [-0.25, -0.2) is 0 Å². The highest BCUT2D eigenvalue weighted by molar-refractivity contribution is 5.80. The molecular weight excluding hydrogens is 402 g/mol. The predicted octanol–water partition coefficient (Wildman–Crippen LogP) is 3.96. The maximum atomic E-state index is 12.4. The number of benzene rings is 3. The summed E-state index contributed by atoms with van der Waals surface area (Å²) in [7, 11) is 0. The molecule has 6 nitrogen and oxygen atoms in total. The SMILES string of the molecule is O=C(CO/N=C\c1ccc(OCc2ccccc2)cc1)N1CCN(c2ccccc2)CC1. The maximum Gasteiger partial charge on any atom is 0.263 e. The van der Waals surface area contributed by atoms with Crippen LogP contribution in [0.2, 0.25) is 0 Å². The Morgan fingerprint density at radius 1 is 0.844 bits per heavy atom. The van der Waals surface area contributed by atoms with Crippen LogP contribution in [-0.2, 0) is 16.2 Å². The van der Waals surface area contributed by atoms with Gasteiger partial charge in [0.15, 0.2) is 6.61 Å². The Bertz CT molecular complexity index is 1000. The minimum absolute atomic E-state index is 0.0421. The first kappa shape index (κ1) is 21.4. The second-order valence-corrected chi connectivity index (χ2v) is 7.55. The van der Waals surface area contributed by atoms with E-state index in [0.717, 1.165) is 30.0 Å². The van der Waals surface area contributed by atoms with Crippen LogP contribution in [0.3, 0.4) is 0 Å². The average Bonchev–Trinajstić information content (AvgIpc) is 2.87. The molecule has 0 radical (unpaired) electrons. The summed E-state index contributed by atoms with van der Waals surface area (Å²) in [6.45, 7) is 3.48. The topological polar surface area (TPSA) is 54.4 Å². The van der Waals surface area contributed by atoms with E-state index >= 15 is 0 Å². The molecule has 0 atom stereocenters. The van der Waals surface area contributed by atoms with Crippen molar-refractivity contribution in [3.8, 4) is 5.75 Å². The molecular formula is C26H27N3O3. The van der Waals surface area contributed by atoms with Gasteiger partial charge < -0.3 is 19.4 Å². The molecule has 0 aromatic heterocycles. The quantitative estimate of drug-likeness (QED) is 0.402. The molecule has 1 aliphatic heterocycles. The maximum absolute atomic E-state index is 12.4. The summed E-state index contributed by atoms with van der Waals surface area (Å²) in [5.41, 5.74) is 3.19. The van der Waals surface area contributed by atoms with Crippen LogP contribution < -0.4 is 9.64 Å². The van der Waals surface area contributed by atoms with Crippen LogP contribution in [0.4, 0.5) is 5.69 Å². The van der Waals surface area contributed by atoms with E-state index in [1.807, 2.05) is 77.7 Å². The van der Waals surface area contributed by atoms with Crippen molar-refractivity contribution in [3.05, 3.63) is 96.1 Å². The van der Waals surface area contributed by atoms with Crippen LogP contribution in [0.15, 0.2) is 90.1 Å². The third-order valence-electron chi connectivity index (χ3n) is 5.35. The van der Waals surface area contributed by atoms with Gasteiger partial charge in [0.1, 0.15) is 12.4 Å². The third-order valence-corrected chi connectivity index (χ3v) is 5.35. The highest BCUT2D eigenvalue weighted by Gasteiger charge is 2.21. The van der Waals surface area contributed by atoms with E-state index in [1.54, 1.807) is 6.21 Å². The first-order valence-corrected chi connectivity index (χ1v) is 10.8. The minimum Gasteiger partial charge on any atom is -0.489 e. The Balaban J connectivity index is 1.16. The number of para-hydroxylation sites is 1. The zero-order chi connectivity index (χ0) is 22.0. The van der Waals surface area contributed by atoms with Gasteiger partial charge in [0.25, 0.3) is 5.91 Å². The largest absolute Gasteiger partial charge is 0.489 e. The summed E-state index contributed by atoms with van der Waals surface area (Å²) >= 11 is 0. The second kappa shape index (κ2) is 11.0. The molecule has 164 valence electrons. The number of oxime groups is 1. The number of amides is 1. The molecule has 1 saturated heterocycles. The molecule has 1 amide bonds. The van der Waals surface area contributed by atoms with Crippen LogP contribution in [0, 0.1) is 0 Å². The number of ether oxygens (including phenoxy) is 1. The van der Waals surface area contributed by atoms with E-state index < -0.39 is 0 Å². The molecule has 32 heavy (non-hydrogen) atoms. The van der Waals surface area contributed by atoms with Gasteiger partial charge in [0.05, 0.1) is 6.21 Å². The molecule has 0 saturated carbocycles. The molecule has 0 unspecified atom stereocenters. The number of anilines is 1. The molecule has 0 bridgehead atoms.